The van der Waals surface area contributed by atoms with E-state index < -0.39 is 0 Å². The quantitative estimate of drug-likeness (QED) is 0.161. The van der Waals surface area contributed by atoms with E-state index in [1.165, 1.54) is 0 Å². The summed E-state index contributed by atoms with van der Waals surface area (Å²) in [4.78, 5) is 15.2. The molecular weight excluding hydrogens is 759 g/mol. The van der Waals surface area contributed by atoms with E-state index in [0.29, 0.717) is 17.5 Å². The summed E-state index contributed by atoms with van der Waals surface area (Å²) in [5.74, 6) is 1.81. The van der Waals surface area contributed by atoms with Crippen LogP contribution in [-0.4, -0.2) is 24.6 Å². The van der Waals surface area contributed by atoms with E-state index in [-0.39, 0.29) is 0 Å². The number of hydrogen-bond donors (Lipinski definition) is 0. The van der Waals surface area contributed by atoms with Crippen LogP contribution >= 0.6 is 0 Å². The lowest BCUT2D eigenvalue weighted by molar-refractivity contribution is 0.670. The normalized spacial score (nSPS) is 11.5. The highest BCUT2D eigenvalue weighted by Gasteiger charge is 2.22. The number of hydrogen-bond acceptors (Lipinski definition) is 5. The molecule has 12 rings (SSSR count). The monoisotopic (exact) mass is 793 g/mol. The number of para-hydroxylation sites is 2. The largest absolute Gasteiger partial charge is 0.455 e. The number of pyridine rings is 1. The van der Waals surface area contributed by atoms with Gasteiger partial charge in [0.25, 0.3) is 0 Å². The fraction of sp³-hybridized carbons (Fsp3) is 0. The maximum absolute atomic E-state index is 6.37. The van der Waals surface area contributed by atoms with Crippen LogP contribution in [0.4, 0.5) is 0 Å². The third-order valence-electron chi connectivity index (χ3n) is 11.8. The number of fused-ring (bicyclic) bond motifs is 6. The molecule has 0 amide bonds. The molecule has 0 aliphatic carbocycles. The van der Waals surface area contributed by atoms with Gasteiger partial charge in [0.1, 0.15) is 11.2 Å². The molecule has 8 aromatic carbocycles. The Labute approximate surface area is 357 Å². The van der Waals surface area contributed by atoms with Crippen molar-refractivity contribution in [3.63, 3.8) is 0 Å². The summed E-state index contributed by atoms with van der Waals surface area (Å²) in [7, 11) is 0. The minimum atomic E-state index is 0.597. The molecule has 0 atom stereocenters. The van der Waals surface area contributed by atoms with Crippen LogP contribution in [0, 0.1) is 0 Å². The molecular formula is C56H35N5O. The average Bonchev–Trinajstić information content (AvgIpc) is 3.97. The van der Waals surface area contributed by atoms with E-state index in [1.54, 1.807) is 0 Å². The van der Waals surface area contributed by atoms with Gasteiger partial charge in [0.15, 0.2) is 17.5 Å². The van der Waals surface area contributed by atoms with E-state index in [4.69, 9.17) is 24.5 Å². The Balaban J connectivity index is 0.978. The molecule has 0 unspecified atom stereocenters. The second kappa shape index (κ2) is 14.7. The summed E-state index contributed by atoms with van der Waals surface area (Å²) in [5, 5.41) is 9.58. The topological polar surface area (TPSA) is 69.1 Å². The maximum atomic E-state index is 6.37. The van der Waals surface area contributed by atoms with Gasteiger partial charge in [-0.15, -0.1) is 0 Å². The first-order valence-corrected chi connectivity index (χ1v) is 20.7. The second-order valence-corrected chi connectivity index (χ2v) is 15.4. The van der Waals surface area contributed by atoms with Crippen molar-refractivity contribution < 1.29 is 4.42 Å². The van der Waals surface area contributed by atoms with E-state index >= 15 is 0 Å². The number of furan rings is 1. The molecule has 4 aromatic heterocycles. The second-order valence-electron chi connectivity index (χ2n) is 15.4. The first-order chi connectivity index (χ1) is 30.7. The highest BCUT2D eigenvalue weighted by molar-refractivity contribution is 6.13. The lowest BCUT2D eigenvalue weighted by Crippen LogP contribution is -2.01. The first-order valence-electron chi connectivity index (χ1n) is 20.7. The van der Waals surface area contributed by atoms with Gasteiger partial charge < -0.3 is 4.42 Å². The van der Waals surface area contributed by atoms with Gasteiger partial charge in [0.2, 0.25) is 0 Å². The van der Waals surface area contributed by atoms with Crippen molar-refractivity contribution in [3.05, 3.63) is 212 Å². The van der Waals surface area contributed by atoms with Gasteiger partial charge >= 0.3 is 0 Å². The summed E-state index contributed by atoms with van der Waals surface area (Å²) < 4.78 is 8.49. The van der Waals surface area contributed by atoms with E-state index in [9.17, 15) is 0 Å². The Morgan fingerprint density at radius 3 is 1.45 bits per heavy atom. The molecule has 0 saturated carbocycles. The Hall–Kier alpha value is -8.48. The van der Waals surface area contributed by atoms with Crippen molar-refractivity contribution in [2.45, 2.75) is 0 Å². The van der Waals surface area contributed by atoms with Gasteiger partial charge in [0, 0.05) is 55.1 Å². The van der Waals surface area contributed by atoms with Gasteiger partial charge in [-0.25, -0.2) is 19.5 Å². The molecule has 4 heterocycles. The van der Waals surface area contributed by atoms with Crippen LogP contribution in [0.3, 0.4) is 0 Å². The molecule has 0 bridgehead atoms. The lowest BCUT2D eigenvalue weighted by Gasteiger charge is -2.18. The van der Waals surface area contributed by atoms with E-state index in [2.05, 4.69) is 156 Å². The zero-order valence-electron chi connectivity index (χ0n) is 33.4. The lowest BCUT2D eigenvalue weighted by atomic mass is 9.92. The number of benzene rings is 8. The first kappa shape index (κ1) is 35.5. The summed E-state index contributed by atoms with van der Waals surface area (Å²) in [5.41, 5.74) is 14.1. The third-order valence-corrected chi connectivity index (χ3v) is 11.8. The summed E-state index contributed by atoms with van der Waals surface area (Å²) in [6.45, 7) is 0. The van der Waals surface area contributed by atoms with E-state index in [1.807, 2.05) is 60.8 Å². The average molecular weight is 794 g/mol. The zero-order chi connectivity index (χ0) is 41.0. The fourth-order valence-electron chi connectivity index (χ4n) is 8.81. The fourth-order valence-corrected chi connectivity index (χ4v) is 8.81. The molecule has 0 spiro atoms. The molecule has 0 saturated heterocycles. The highest BCUT2D eigenvalue weighted by atomic mass is 16.3. The Morgan fingerprint density at radius 2 is 0.806 bits per heavy atom. The number of nitrogens with zero attached hydrogens (tertiary/aromatic N) is 5. The number of aromatic nitrogens is 5. The van der Waals surface area contributed by atoms with Gasteiger partial charge in [-0.05, 0) is 28.1 Å². The minimum Gasteiger partial charge on any atom is -0.455 e. The van der Waals surface area contributed by atoms with Crippen LogP contribution in [-0.2, 0) is 0 Å². The molecule has 0 fully saturated rings. The molecule has 0 radical (unpaired) electrons. The minimum absolute atomic E-state index is 0.597. The van der Waals surface area contributed by atoms with Crippen LogP contribution in [0.5, 0.6) is 0 Å². The van der Waals surface area contributed by atoms with Crippen LogP contribution in [0.15, 0.2) is 217 Å². The predicted molar refractivity (Wildman–Crippen MR) is 251 cm³/mol. The van der Waals surface area contributed by atoms with Crippen LogP contribution < -0.4 is 0 Å². The maximum Gasteiger partial charge on any atom is 0.164 e. The van der Waals surface area contributed by atoms with Crippen molar-refractivity contribution in [2.24, 2.45) is 0 Å². The van der Waals surface area contributed by atoms with Gasteiger partial charge in [0.05, 0.1) is 17.4 Å². The summed E-state index contributed by atoms with van der Waals surface area (Å²) in [6.07, 6.45) is 1.99. The third kappa shape index (κ3) is 5.96. The van der Waals surface area contributed by atoms with Crippen LogP contribution in [0.2, 0.25) is 0 Å². The summed E-state index contributed by atoms with van der Waals surface area (Å²) >= 11 is 0. The molecule has 0 aliphatic rings. The van der Waals surface area contributed by atoms with Crippen molar-refractivity contribution in [2.75, 3.05) is 0 Å². The van der Waals surface area contributed by atoms with Crippen LogP contribution in [0.1, 0.15) is 0 Å². The Kier molecular flexibility index (Phi) is 8.38. The predicted octanol–water partition coefficient (Wildman–Crippen LogP) is 14.2. The van der Waals surface area contributed by atoms with Crippen LogP contribution in [0.25, 0.3) is 117 Å². The zero-order valence-corrected chi connectivity index (χ0v) is 33.4. The number of rotatable bonds is 7. The molecule has 62 heavy (non-hydrogen) atoms. The molecule has 290 valence electrons. The molecule has 12 aromatic rings. The van der Waals surface area contributed by atoms with Gasteiger partial charge in [-0.3, -0.25) is 0 Å². The molecule has 0 aliphatic heterocycles. The van der Waals surface area contributed by atoms with Gasteiger partial charge in [-0.1, -0.05) is 200 Å². The molecule has 6 heteroatoms. The van der Waals surface area contributed by atoms with Gasteiger partial charge in [-0.2, -0.15) is 5.10 Å². The standard InChI is InChI=1S/C56H35N5O/c1-4-15-36(16-5-1)48-35-57-61-51(39-17-6-2-7-18-39)50(45-22-10-11-23-46(45)52(48)61)38-29-33-42(34-30-38)56-59-54(40-19-8-3-9-20-40)58-55(60-56)41-31-27-37(28-32-41)43-24-14-25-47-44-21-12-13-26-49(44)62-53(43)47/h1-35H. The molecule has 0 N–H and O–H groups in total. The SMILES string of the molecule is c1ccc(-c2nc(-c3ccc(-c4c(-c5ccccc5)n5ncc(-c6ccccc6)c5c5ccccc45)cc3)nc(-c3ccc(-c4cccc5c4oc4ccccc45)cc3)n2)cc1. The smallest absolute Gasteiger partial charge is 0.164 e. The Morgan fingerprint density at radius 1 is 0.339 bits per heavy atom. The van der Waals surface area contributed by atoms with Crippen molar-refractivity contribution in [1.29, 1.82) is 0 Å². The highest BCUT2D eigenvalue weighted by Crippen LogP contribution is 2.43. The summed E-state index contributed by atoms with van der Waals surface area (Å²) in [6, 6.07) is 71.3. The Bertz CT molecular complexity index is 3600. The van der Waals surface area contributed by atoms with Crippen molar-refractivity contribution in [1.82, 2.24) is 24.6 Å². The van der Waals surface area contributed by atoms with Crippen molar-refractivity contribution >= 4 is 38.2 Å². The molecule has 6 nitrogen and oxygen atoms in total. The van der Waals surface area contributed by atoms with E-state index in [0.717, 1.165) is 99.6 Å². The van der Waals surface area contributed by atoms with Crippen molar-refractivity contribution in [3.8, 4) is 78.8 Å².